The Kier molecular flexibility index (Phi) is 0.821. The number of rotatable bonds is 0. The van der Waals surface area contributed by atoms with Gasteiger partial charge in [0.15, 0.2) is 0 Å². The lowest BCUT2D eigenvalue weighted by atomic mass is 10.2. The highest BCUT2D eigenvalue weighted by Crippen LogP contribution is 2.20. The largest absolute Gasteiger partial charge is 0.421 e. The lowest BCUT2D eigenvalue weighted by molar-refractivity contribution is 0.568. The number of nitrogens with one attached hydrogen (secondary N) is 1. The van der Waals surface area contributed by atoms with E-state index < -0.39 is 0 Å². The van der Waals surface area contributed by atoms with Crippen LogP contribution in [0.1, 0.15) is 0 Å². The Bertz CT molecular complexity index is 585. The van der Waals surface area contributed by atoms with E-state index >= 15 is 0 Å². The molecule has 1 radical (unpaired) electrons. The van der Waals surface area contributed by atoms with Gasteiger partial charge in [-0.1, -0.05) is 6.07 Å². The quantitative estimate of drug-likeness (QED) is 0.504. The van der Waals surface area contributed by atoms with Crippen LogP contribution in [-0.2, 0) is 0 Å². The maximum atomic E-state index is 11.1. The third-order valence-corrected chi connectivity index (χ3v) is 1.94. The molecule has 0 spiro atoms. The molecular formula is C9H4NO2. The Morgan fingerprint density at radius 3 is 3.25 bits per heavy atom. The highest BCUT2D eigenvalue weighted by Gasteiger charge is 2.07. The monoisotopic (exact) mass is 158 g/mol. The summed E-state index contributed by atoms with van der Waals surface area (Å²) in [6, 6.07) is 8.42. The average molecular weight is 158 g/mol. The number of fused-ring (bicyclic) bond motifs is 1. The molecule has 3 rings (SSSR count). The predicted octanol–water partition coefficient (Wildman–Crippen LogP) is 1.51. The summed E-state index contributed by atoms with van der Waals surface area (Å²) < 4.78 is 5.00. The zero-order valence-corrected chi connectivity index (χ0v) is 6.05. The third kappa shape index (κ3) is 0.540. The fourth-order valence-corrected chi connectivity index (χ4v) is 1.39. The minimum Gasteiger partial charge on any atom is -0.421 e. The van der Waals surface area contributed by atoms with Crippen LogP contribution in [0.2, 0.25) is 0 Å². The van der Waals surface area contributed by atoms with Crippen molar-refractivity contribution in [3.63, 3.8) is 0 Å². The normalized spacial score (nSPS) is 11.7. The highest BCUT2D eigenvalue weighted by atomic mass is 16.4. The lowest BCUT2D eigenvalue weighted by Gasteiger charge is -1.88. The topological polar surface area (TPSA) is 46.0 Å². The van der Waals surface area contributed by atoms with Gasteiger partial charge in [-0.3, -0.25) is 0 Å². The van der Waals surface area contributed by atoms with Crippen LogP contribution >= 0.6 is 0 Å². The van der Waals surface area contributed by atoms with Crippen LogP contribution in [0.15, 0.2) is 27.4 Å². The molecule has 12 heavy (non-hydrogen) atoms. The maximum Gasteiger partial charge on any atom is 0.360 e. The molecule has 0 aliphatic rings. The summed E-state index contributed by atoms with van der Waals surface area (Å²) in [5.41, 5.74) is 1.53. The van der Waals surface area contributed by atoms with E-state index in [0.717, 1.165) is 10.9 Å². The van der Waals surface area contributed by atoms with Crippen molar-refractivity contribution in [2.75, 3.05) is 0 Å². The SMILES string of the molecule is O=c1oc2cccc3[nH]c1[c]c32. The Labute approximate surface area is 66.9 Å². The van der Waals surface area contributed by atoms with Crippen LogP contribution in [0.3, 0.4) is 0 Å². The second-order valence-electron chi connectivity index (χ2n) is 2.69. The average Bonchev–Trinajstić information content (AvgIpc) is 2.46. The Hall–Kier alpha value is -1.77. The van der Waals surface area contributed by atoms with Crippen LogP contribution in [-0.4, -0.2) is 4.98 Å². The van der Waals surface area contributed by atoms with E-state index in [4.69, 9.17) is 4.42 Å². The van der Waals surface area contributed by atoms with E-state index in [1.54, 1.807) is 6.07 Å². The summed E-state index contributed by atoms with van der Waals surface area (Å²) in [5.74, 6) is 0. The minimum absolute atomic E-state index is 0.358. The van der Waals surface area contributed by atoms with Crippen molar-refractivity contribution in [3.8, 4) is 0 Å². The molecular weight excluding hydrogens is 154 g/mol. The van der Waals surface area contributed by atoms with Crippen molar-refractivity contribution >= 4 is 22.0 Å². The zero-order chi connectivity index (χ0) is 8.13. The van der Waals surface area contributed by atoms with Crippen molar-refractivity contribution in [1.29, 1.82) is 0 Å². The molecule has 0 amide bonds. The second-order valence-corrected chi connectivity index (χ2v) is 2.69. The first-order valence-corrected chi connectivity index (χ1v) is 3.61. The molecule has 3 heteroatoms. The molecule has 1 N–H and O–H groups in total. The fourth-order valence-electron chi connectivity index (χ4n) is 1.39. The molecule has 0 saturated carbocycles. The fraction of sp³-hybridized carbons (Fsp3) is 0. The number of hydrogen-bond donors (Lipinski definition) is 1. The summed E-state index contributed by atoms with van der Waals surface area (Å²) in [4.78, 5) is 14.0. The molecule has 0 aliphatic carbocycles. The van der Waals surface area contributed by atoms with Gasteiger partial charge >= 0.3 is 5.63 Å². The van der Waals surface area contributed by atoms with Gasteiger partial charge in [-0.15, -0.1) is 0 Å². The van der Waals surface area contributed by atoms with E-state index in [1.807, 2.05) is 12.1 Å². The van der Waals surface area contributed by atoms with Crippen LogP contribution in [0, 0.1) is 6.07 Å². The van der Waals surface area contributed by atoms with Gasteiger partial charge < -0.3 is 9.40 Å². The van der Waals surface area contributed by atoms with Gasteiger partial charge in [0.05, 0.1) is 10.9 Å². The smallest absolute Gasteiger partial charge is 0.360 e. The van der Waals surface area contributed by atoms with Gasteiger partial charge in [-0.25, -0.2) is 4.79 Å². The molecule has 0 fully saturated rings. The number of aromatic amines is 1. The number of hydrogen-bond acceptors (Lipinski definition) is 2. The molecule has 0 atom stereocenters. The van der Waals surface area contributed by atoms with E-state index in [-0.39, 0.29) is 5.63 Å². The van der Waals surface area contributed by atoms with Gasteiger partial charge in [-0.2, -0.15) is 0 Å². The lowest BCUT2D eigenvalue weighted by Crippen LogP contribution is -1.95. The molecule has 0 saturated heterocycles. The molecule has 2 heterocycles. The molecule has 2 bridgehead atoms. The maximum absolute atomic E-state index is 11.1. The van der Waals surface area contributed by atoms with E-state index in [9.17, 15) is 4.79 Å². The molecule has 1 aromatic carbocycles. The van der Waals surface area contributed by atoms with E-state index in [0.29, 0.717) is 11.1 Å². The Morgan fingerprint density at radius 2 is 2.33 bits per heavy atom. The standard InChI is InChI=1S/C9H4NO2/c11-9-7-4-5-6(10-7)2-1-3-8(5)12-9/h1-3,10H. The molecule has 2 aromatic heterocycles. The van der Waals surface area contributed by atoms with E-state index in [1.165, 1.54) is 0 Å². The first-order valence-electron chi connectivity index (χ1n) is 3.61. The van der Waals surface area contributed by atoms with Crippen LogP contribution in [0.25, 0.3) is 22.0 Å². The number of H-pyrrole nitrogens is 1. The van der Waals surface area contributed by atoms with Crippen LogP contribution < -0.4 is 5.63 Å². The highest BCUT2D eigenvalue weighted by molar-refractivity contribution is 5.96. The number of benzene rings is 1. The molecule has 57 valence electrons. The molecule has 3 aromatic rings. The van der Waals surface area contributed by atoms with Crippen LogP contribution in [0.5, 0.6) is 0 Å². The van der Waals surface area contributed by atoms with Crippen molar-refractivity contribution in [1.82, 2.24) is 4.98 Å². The molecule has 0 aliphatic heterocycles. The predicted molar refractivity (Wildman–Crippen MR) is 44.4 cm³/mol. The summed E-state index contributed by atoms with van der Waals surface area (Å²) >= 11 is 0. The van der Waals surface area contributed by atoms with Crippen molar-refractivity contribution in [2.45, 2.75) is 0 Å². The van der Waals surface area contributed by atoms with Gasteiger partial charge in [0.2, 0.25) is 0 Å². The summed E-state index contributed by atoms with van der Waals surface area (Å²) in [7, 11) is 0. The van der Waals surface area contributed by atoms with E-state index in [2.05, 4.69) is 11.1 Å². The first-order chi connectivity index (χ1) is 5.84. The minimum atomic E-state index is -0.358. The second kappa shape index (κ2) is 1.69. The summed E-state index contributed by atoms with van der Waals surface area (Å²) in [5, 5.41) is 0.854. The first kappa shape index (κ1) is 5.83. The Balaban J connectivity index is 2.86. The third-order valence-electron chi connectivity index (χ3n) is 1.94. The number of aromatic nitrogens is 1. The van der Waals surface area contributed by atoms with Gasteiger partial charge in [0.1, 0.15) is 11.1 Å². The molecule has 0 unspecified atom stereocenters. The van der Waals surface area contributed by atoms with Gasteiger partial charge in [-0.05, 0) is 12.1 Å². The zero-order valence-electron chi connectivity index (χ0n) is 6.05. The van der Waals surface area contributed by atoms with Gasteiger partial charge in [0, 0.05) is 6.07 Å². The van der Waals surface area contributed by atoms with Crippen LogP contribution in [0.4, 0.5) is 0 Å². The molecule has 3 nitrogen and oxygen atoms in total. The van der Waals surface area contributed by atoms with Gasteiger partial charge in [0.25, 0.3) is 0 Å². The summed E-state index contributed by atoms with van der Waals surface area (Å²) in [6.45, 7) is 0. The Morgan fingerprint density at radius 1 is 1.42 bits per heavy atom. The summed E-state index contributed by atoms with van der Waals surface area (Å²) in [6.07, 6.45) is 0. The van der Waals surface area contributed by atoms with Crippen molar-refractivity contribution in [2.24, 2.45) is 0 Å². The van der Waals surface area contributed by atoms with Crippen molar-refractivity contribution in [3.05, 3.63) is 34.7 Å². The van der Waals surface area contributed by atoms with Crippen molar-refractivity contribution < 1.29 is 4.42 Å².